The number of hydrogen-bond donors (Lipinski definition) is 0. The van der Waals surface area contributed by atoms with Gasteiger partial charge in [-0.2, -0.15) is 0 Å². The van der Waals surface area contributed by atoms with Crippen molar-refractivity contribution >= 4 is 5.91 Å². The minimum Gasteiger partial charge on any atom is -0.371 e. The third-order valence-electron chi connectivity index (χ3n) is 5.82. The summed E-state index contributed by atoms with van der Waals surface area (Å²) in [5.74, 6) is -0.906. The Morgan fingerprint density at radius 3 is 2.64 bits per heavy atom. The van der Waals surface area contributed by atoms with E-state index < -0.39 is 5.82 Å². The first-order valence-corrected chi connectivity index (χ1v) is 9.95. The van der Waals surface area contributed by atoms with E-state index in [0.717, 1.165) is 38.9 Å². The van der Waals surface area contributed by atoms with Gasteiger partial charge in [0, 0.05) is 32.4 Å². The summed E-state index contributed by atoms with van der Waals surface area (Å²) in [6.07, 6.45) is 4.27. The second-order valence-electron chi connectivity index (χ2n) is 7.67. The zero-order chi connectivity index (χ0) is 19.4. The van der Waals surface area contributed by atoms with Gasteiger partial charge in [0.2, 0.25) is 0 Å². The lowest BCUT2D eigenvalue weighted by molar-refractivity contribution is -0.127. The minimum absolute atomic E-state index is 0.0974. The molecule has 0 radical (unpaired) electrons. The van der Waals surface area contributed by atoms with Crippen LogP contribution in [0.5, 0.6) is 0 Å². The van der Waals surface area contributed by atoms with Gasteiger partial charge >= 0.3 is 0 Å². The minimum atomic E-state index is -0.566. The lowest BCUT2D eigenvalue weighted by atomic mass is 9.89. The Hall–Kier alpha value is -2.31. The van der Waals surface area contributed by atoms with Gasteiger partial charge in [-0.05, 0) is 37.0 Å². The molecule has 4 rings (SSSR count). The lowest BCUT2D eigenvalue weighted by Crippen LogP contribution is -2.58. The molecule has 0 bridgehead atoms. The molecule has 5 nitrogen and oxygen atoms in total. The van der Waals surface area contributed by atoms with Crippen molar-refractivity contribution in [3.63, 3.8) is 0 Å². The normalized spacial score (nSPS) is 19.7. The van der Waals surface area contributed by atoms with Crippen LogP contribution in [0.3, 0.4) is 0 Å². The monoisotopic (exact) mass is 383 g/mol. The van der Waals surface area contributed by atoms with Crippen LogP contribution in [0.4, 0.5) is 4.39 Å². The van der Waals surface area contributed by atoms with Crippen LogP contribution in [0.2, 0.25) is 0 Å². The van der Waals surface area contributed by atoms with Gasteiger partial charge in [-0.25, -0.2) is 9.37 Å². The molecule has 3 heterocycles. The van der Waals surface area contributed by atoms with Gasteiger partial charge in [0.15, 0.2) is 11.5 Å². The molecule has 0 N–H and O–H groups in total. The van der Waals surface area contributed by atoms with Crippen LogP contribution in [-0.2, 0) is 11.2 Å². The van der Waals surface area contributed by atoms with E-state index in [9.17, 15) is 9.18 Å². The Balaban J connectivity index is 1.33. The van der Waals surface area contributed by atoms with Crippen molar-refractivity contribution in [2.45, 2.75) is 24.9 Å². The number of amides is 1. The summed E-state index contributed by atoms with van der Waals surface area (Å²) >= 11 is 0. The summed E-state index contributed by atoms with van der Waals surface area (Å²) < 4.78 is 20.1. The fourth-order valence-corrected chi connectivity index (χ4v) is 4.13. The number of aromatic nitrogens is 1. The predicted octanol–water partition coefficient (Wildman–Crippen LogP) is 2.77. The molecule has 1 spiro atoms. The molecule has 0 saturated carbocycles. The van der Waals surface area contributed by atoms with Gasteiger partial charge in [-0.3, -0.25) is 4.79 Å². The van der Waals surface area contributed by atoms with Crippen LogP contribution in [0, 0.1) is 5.82 Å². The zero-order valence-corrected chi connectivity index (χ0v) is 16.0. The van der Waals surface area contributed by atoms with Crippen LogP contribution >= 0.6 is 0 Å². The number of morpholine rings is 1. The molecule has 2 fully saturated rings. The first-order valence-electron chi connectivity index (χ1n) is 9.95. The third kappa shape index (κ3) is 4.23. The summed E-state index contributed by atoms with van der Waals surface area (Å²) in [6, 6.07) is 13.3. The smallest absolute Gasteiger partial charge is 0.275 e. The van der Waals surface area contributed by atoms with Gasteiger partial charge in [0.1, 0.15) is 0 Å². The summed E-state index contributed by atoms with van der Waals surface area (Å²) in [5.41, 5.74) is 0.938. The highest BCUT2D eigenvalue weighted by molar-refractivity contribution is 5.92. The Kier molecular flexibility index (Phi) is 5.69. The first kappa shape index (κ1) is 19.0. The van der Waals surface area contributed by atoms with E-state index in [2.05, 4.69) is 34.1 Å². The molecule has 28 heavy (non-hydrogen) atoms. The average Bonchev–Trinajstić information content (AvgIpc) is 2.74. The van der Waals surface area contributed by atoms with E-state index in [0.29, 0.717) is 19.7 Å². The predicted molar refractivity (Wildman–Crippen MR) is 105 cm³/mol. The second kappa shape index (κ2) is 8.37. The van der Waals surface area contributed by atoms with Crippen LogP contribution < -0.4 is 0 Å². The lowest BCUT2D eigenvalue weighted by Gasteiger charge is -2.47. The molecule has 6 heteroatoms. The summed E-state index contributed by atoms with van der Waals surface area (Å²) in [4.78, 5) is 20.8. The molecule has 0 atom stereocenters. The van der Waals surface area contributed by atoms with Crippen molar-refractivity contribution in [2.24, 2.45) is 0 Å². The molecule has 1 aromatic carbocycles. The number of carbonyl (C=O) groups excluding carboxylic acids is 1. The van der Waals surface area contributed by atoms with Crippen molar-refractivity contribution < 1.29 is 13.9 Å². The van der Waals surface area contributed by atoms with Crippen LogP contribution in [0.25, 0.3) is 0 Å². The van der Waals surface area contributed by atoms with Gasteiger partial charge < -0.3 is 14.5 Å². The van der Waals surface area contributed by atoms with Gasteiger partial charge in [0.25, 0.3) is 5.91 Å². The molecular weight excluding hydrogens is 357 g/mol. The van der Waals surface area contributed by atoms with E-state index >= 15 is 0 Å². The fraction of sp³-hybridized carbons (Fsp3) is 0.455. The van der Waals surface area contributed by atoms with E-state index in [-0.39, 0.29) is 17.2 Å². The number of carbonyl (C=O) groups is 1. The fourth-order valence-electron chi connectivity index (χ4n) is 4.13. The Bertz CT molecular complexity index is 806. The highest BCUT2D eigenvalue weighted by atomic mass is 19.1. The molecule has 148 valence electrons. The van der Waals surface area contributed by atoms with Gasteiger partial charge in [-0.1, -0.05) is 30.3 Å². The maximum absolute atomic E-state index is 14.0. The molecular formula is C22H26FN3O2. The van der Waals surface area contributed by atoms with Crippen LogP contribution in [0.15, 0.2) is 48.7 Å². The van der Waals surface area contributed by atoms with E-state index in [4.69, 9.17) is 4.74 Å². The number of likely N-dealkylation sites (tertiary alicyclic amines) is 1. The van der Waals surface area contributed by atoms with E-state index in [1.165, 1.54) is 23.9 Å². The molecule has 2 aliphatic heterocycles. The molecule has 1 aromatic heterocycles. The molecule has 2 aromatic rings. The van der Waals surface area contributed by atoms with Crippen LogP contribution in [-0.4, -0.2) is 65.6 Å². The molecule has 2 saturated heterocycles. The number of piperidine rings is 1. The summed E-state index contributed by atoms with van der Waals surface area (Å²) in [7, 11) is 0. The highest BCUT2D eigenvalue weighted by Gasteiger charge is 2.41. The summed E-state index contributed by atoms with van der Waals surface area (Å²) in [5, 5.41) is 0. The van der Waals surface area contributed by atoms with Crippen molar-refractivity contribution in [3.8, 4) is 0 Å². The highest BCUT2D eigenvalue weighted by Crippen LogP contribution is 2.31. The second-order valence-corrected chi connectivity index (χ2v) is 7.67. The number of pyridine rings is 1. The molecule has 0 aliphatic carbocycles. The Morgan fingerprint density at radius 2 is 1.89 bits per heavy atom. The number of ether oxygens (including phenoxy) is 1. The van der Waals surface area contributed by atoms with Crippen molar-refractivity contribution in [1.29, 1.82) is 0 Å². The maximum Gasteiger partial charge on any atom is 0.275 e. The number of hydrogen-bond acceptors (Lipinski definition) is 4. The van der Waals surface area contributed by atoms with E-state index in [1.807, 2.05) is 6.07 Å². The number of halogens is 1. The van der Waals surface area contributed by atoms with E-state index in [1.54, 1.807) is 4.90 Å². The zero-order valence-electron chi connectivity index (χ0n) is 16.0. The van der Waals surface area contributed by atoms with Crippen LogP contribution in [0.1, 0.15) is 28.9 Å². The SMILES string of the molecule is O=C(c1ncccc1F)N1CCOC2(CCN(CCc3ccccc3)CC2)C1. The standard InChI is InChI=1S/C22H26FN3O2/c23-19-7-4-11-24-20(19)21(27)26-15-16-28-22(17-26)9-13-25(14-10-22)12-8-18-5-2-1-3-6-18/h1-7,11H,8-10,12-17H2. The Morgan fingerprint density at radius 1 is 1.11 bits per heavy atom. The maximum atomic E-state index is 14.0. The quantitative estimate of drug-likeness (QED) is 0.815. The molecule has 2 aliphatic rings. The largest absolute Gasteiger partial charge is 0.371 e. The number of nitrogens with zero attached hydrogens (tertiary/aromatic N) is 3. The van der Waals surface area contributed by atoms with Crippen molar-refractivity contribution in [3.05, 3.63) is 65.7 Å². The van der Waals surface area contributed by atoms with Crippen molar-refractivity contribution in [2.75, 3.05) is 39.3 Å². The van der Waals surface area contributed by atoms with Gasteiger partial charge in [-0.15, -0.1) is 0 Å². The molecule has 0 unspecified atom stereocenters. The number of rotatable bonds is 4. The van der Waals surface area contributed by atoms with Crippen molar-refractivity contribution in [1.82, 2.24) is 14.8 Å². The average molecular weight is 383 g/mol. The molecule has 1 amide bonds. The topological polar surface area (TPSA) is 45.7 Å². The summed E-state index contributed by atoms with van der Waals surface area (Å²) in [6.45, 7) is 4.41. The first-order chi connectivity index (χ1) is 13.7. The van der Waals surface area contributed by atoms with Gasteiger partial charge in [0.05, 0.1) is 18.8 Å². The Labute approximate surface area is 165 Å². The third-order valence-corrected chi connectivity index (χ3v) is 5.82. The number of benzene rings is 1.